The van der Waals surface area contributed by atoms with E-state index in [1.807, 2.05) is 6.92 Å². The van der Waals surface area contributed by atoms with E-state index < -0.39 is 5.54 Å². The molecular formula is C8H13ClN2O2. The van der Waals surface area contributed by atoms with Crippen LogP contribution in [-0.4, -0.2) is 30.5 Å². The first-order valence-electron chi connectivity index (χ1n) is 4.25. The van der Waals surface area contributed by atoms with Crippen LogP contribution in [0.15, 0.2) is 4.99 Å². The molecule has 0 bridgehead atoms. The van der Waals surface area contributed by atoms with Gasteiger partial charge in [-0.2, -0.15) is 0 Å². The summed E-state index contributed by atoms with van der Waals surface area (Å²) in [6.07, 6.45) is 1.51. The van der Waals surface area contributed by atoms with E-state index in [0.717, 1.165) is 18.7 Å². The second kappa shape index (κ2) is 3.64. The zero-order chi connectivity index (χ0) is 8.60. The van der Waals surface area contributed by atoms with Crippen LogP contribution in [0.3, 0.4) is 0 Å². The van der Waals surface area contributed by atoms with E-state index in [1.165, 1.54) is 0 Å². The van der Waals surface area contributed by atoms with Crippen molar-refractivity contribution in [3.63, 3.8) is 0 Å². The Morgan fingerprint density at radius 2 is 2.46 bits per heavy atom. The summed E-state index contributed by atoms with van der Waals surface area (Å²) in [5.41, 5.74) is -0.564. The largest absolute Gasteiger partial charge is 0.378 e. The van der Waals surface area contributed by atoms with Crippen LogP contribution in [0.2, 0.25) is 0 Å². The van der Waals surface area contributed by atoms with Crippen LogP contribution < -0.4 is 5.32 Å². The fourth-order valence-electron chi connectivity index (χ4n) is 1.57. The highest BCUT2D eigenvalue weighted by atomic mass is 35.5. The normalized spacial score (nSPS) is 31.5. The minimum atomic E-state index is -0.564. The average molecular weight is 205 g/mol. The van der Waals surface area contributed by atoms with Gasteiger partial charge in [-0.05, 0) is 0 Å². The lowest BCUT2D eigenvalue weighted by Gasteiger charge is -2.12. The number of amides is 1. The van der Waals surface area contributed by atoms with Gasteiger partial charge in [-0.1, -0.05) is 6.92 Å². The summed E-state index contributed by atoms with van der Waals surface area (Å²) in [6, 6.07) is 0. The lowest BCUT2D eigenvalue weighted by molar-refractivity contribution is -0.123. The van der Waals surface area contributed by atoms with E-state index in [9.17, 15) is 4.79 Å². The van der Waals surface area contributed by atoms with Crippen LogP contribution in [0.1, 0.15) is 19.8 Å². The van der Waals surface area contributed by atoms with Gasteiger partial charge in [-0.3, -0.25) is 9.79 Å². The van der Waals surface area contributed by atoms with E-state index in [2.05, 4.69) is 10.3 Å². The Balaban J connectivity index is 0.000000845. The molecule has 5 heteroatoms. The molecule has 0 aromatic rings. The van der Waals surface area contributed by atoms with Gasteiger partial charge >= 0.3 is 0 Å². The Bertz CT molecular complexity index is 247. The van der Waals surface area contributed by atoms with Crippen molar-refractivity contribution in [3.8, 4) is 0 Å². The first-order chi connectivity index (χ1) is 5.77. The van der Waals surface area contributed by atoms with Crippen molar-refractivity contribution in [2.45, 2.75) is 25.3 Å². The molecule has 2 heterocycles. The molecule has 2 aliphatic heterocycles. The molecule has 0 radical (unpaired) electrons. The summed E-state index contributed by atoms with van der Waals surface area (Å²) < 4.78 is 5.18. The predicted molar refractivity (Wildman–Crippen MR) is 51.3 cm³/mol. The molecule has 2 rings (SSSR count). The number of rotatable bonds is 1. The third kappa shape index (κ3) is 1.56. The zero-order valence-electron chi connectivity index (χ0n) is 7.50. The van der Waals surface area contributed by atoms with Crippen LogP contribution >= 0.6 is 12.4 Å². The van der Waals surface area contributed by atoms with Crippen molar-refractivity contribution >= 4 is 24.1 Å². The summed E-state index contributed by atoms with van der Waals surface area (Å²) in [4.78, 5) is 15.8. The summed E-state index contributed by atoms with van der Waals surface area (Å²) in [6.45, 7) is 3.07. The van der Waals surface area contributed by atoms with Gasteiger partial charge in [0.25, 0.3) is 5.91 Å². The molecule has 0 aromatic carbocycles. The summed E-state index contributed by atoms with van der Waals surface area (Å²) >= 11 is 0. The Hall–Kier alpha value is -0.610. The average Bonchev–Trinajstić information content (AvgIpc) is 2.63. The van der Waals surface area contributed by atoms with Crippen molar-refractivity contribution < 1.29 is 9.53 Å². The highest BCUT2D eigenvalue weighted by molar-refractivity contribution is 6.08. The van der Waals surface area contributed by atoms with Crippen LogP contribution in [0.5, 0.6) is 0 Å². The summed E-state index contributed by atoms with van der Waals surface area (Å²) in [5, 5.41) is 2.77. The predicted octanol–water partition coefficient (Wildman–Crippen LogP) is 0.506. The molecule has 1 fully saturated rings. The molecule has 1 atom stereocenters. The van der Waals surface area contributed by atoms with E-state index >= 15 is 0 Å². The van der Waals surface area contributed by atoms with Gasteiger partial charge < -0.3 is 10.1 Å². The highest BCUT2D eigenvalue weighted by Gasteiger charge is 2.46. The second-order valence-corrected chi connectivity index (χ2v) is 3.20. The number of carbonyl (C=O) groups excluding carboxylic acids is 1. The minimum absolute atomic E-state index is 0. The lowest BCUT2D eigenvalue weighted by Crippen LogP contribution is -2.39. The first-order valence-corrected chi connectivity index (χ1v) is 4.25. The second-order valence-electron chi connectivity index (χ2n) is 3.20. The van der Waals surface area contributed by atoms with Crippen molar-refractivity contribution in [2.75, 3.05) is 13.2 Å². The fourth-order valence-corrected chi connectivity index (χ4v) is 1.57. The number of ether oxygens (including phenoxy) is 1. The maximum Gasteiger partial charge on any atom is 0.255 e. The van der Waals surface area contributed by atoms with E-state index in [1.54, 1.807) is 0 Å². The Morgan fingerprint density at radius 3 is 2.92 bits per heavy atom. The molecular weight excluding hydrogens is 192 g/mol. The smallest absolute Gasteiger partial charge is 0.255 e. The molecule has 1 spiro atoms. The molecule has 0 aliphatic carbocycles. The third-order valence-electron chi connectivity index (χ3n) is 2.37. The van der Waals surface area contributed by atoms with Crippen molar-refractivity contribution in [2.24, 2.45) is 4.99 Å². The standard InChI is InChI=1S/C8H12N2O2.ClH/c1-2-6-9-7(11)8(10-6)3-4-12-5-8;/h2-5H2,1H3,(H,9,10,11);1H. The van der Waals surface area contributed by atoms with Gasteiger partial charge in [0.1, 0.15) is 5.84 Å². The van der Waals surface area contributed by atoms with Crippen LogP contribution in [-0.2, 0) is 9.53 Å². The number of nitrogens with zero attached hydrogens (tertiary/aromatic N) is 1. The van der Waals surface area contributed by atoms with Crippen LogP contribution in [0.25, 0.3) is 0 Å². The molecule has 74 valence electrons. The molecule has 1 amide bonds. The van der Waals surface area contributed by atoms with Crippen LogP contribution in [0, 0.1) is 0 Å². The van der Waals surface area contributed by atoms with Gasteiger partial charge in [-0.15, -0.1) is 12.4 Å². The Morgan fingerprint density at radius 1 is 1.69 bits per heavy atom. The maximum atomic E-state index is 11.5. The van der Waals surface area contributed by atoms with E-state index in [4.69, 9.17) is 4.74 Å². The minimum Gasteiger partial charge on any atom is -0.378 e. The van der Waals surface area contributed by atoms with Crippen molar-refractivity contribution in [3.05, 3.63) is 0 Å². The maximum absolute atomic E-state index is 11.5. The topological polar surface area (TPSA) is 50.7 Å². The van der Waals surface area contributed by atoms with Gasteiger partial charge in [0.15, 0.2) is 5.54 Å². The molecule has 0 aromatic heterocycles. The number of aliphatic imine (C=N–C) groups is 1. The number of hydrogen-bond acceptors (Lipinski definition) is 3. The number of amidine groups is 1. The molecule has 0 saturated carbocycles. The molecule has 1 saturated heterocycles. The zero-order valence-corrected chi connectivity index (χ0v) is 8.32. The third-order valence-corrected chi connectivity index (χ3v) is 2.37. The lowest BCUT2D eigenvalue weighted by atomic mass is 10.0. The Kier molecular flexibility index (Phi) is 2.93. The Labute approximate surface area is 83.2 Å². The van der Waals surface area contributed by atoms with Gasteiger partial charge in [0, 0.05) is 19.4 Å². The van der Waals surface area contributed by atoms with Gasteiger partial charge in [-0.25, -0.2) is 0 Å². The number of hydrogen-bond donors (Lipinski definition) is 1. The molecule has 1 unspecified atom stereocenters. The summed E-state index contributed by atoms with van der Waals surface area (Å²) in [5.74, 6) is 0.808. The van der Waals surface area contributed by atoms with Crippen molar-refractivity contribution in [1.29, 1.82) is 0 Å². The number of nitrogens with one attached hydrogen (secondary N) is 1. The molecule has 13 heavy (non-hydrogen) atoms. The molecule has 2 aliphatic rings. The quantitative estimate of drug-likeness (QED) is 0.677. The summed E-state index contributed by atoms with van der Waals surface area (Å²) in [7, 11) is 0. The first kappa shape index (κ1) is 10.5. The van der Waals surface area contributed by atoms with Gasteiger partial charge in [0.2, 0.25) is 0 Å². The fraction of sp³-hybridized carbons (Fsp3) is 0.750. The number of carbonyl (C=O) groups is 1. The van der Waals surface area contributed by atoms with E-state index in [0.29, 0.717) is 13.2 Å². The monoisotopic (exact) mass is 204 g/mol. The number of halogens is 1. The van der Waals surface area contributed by atoms with Gasteiger partial charge in [0.05, 0.1) is 6.61 Å². The SMILES string of the molecule is CCC1=NC2(CCOC2)C(=O)N1.Cl. The van der Waals surface area contributed by atoms with Crippen molar-refractivity contribution in [1.82, 2.24) is 5.32 Å². The molecule has 1 N–H and O–H groups in total. The highest BCUT2D eigenvalue weighted by Crippen LogP contribution is 2.27. The van der Waals surface area contributed by atoms with E-state index in [-0.39, 0.29) is 18.3 Å². The van der Waals surface area contributed by atoms with Crippen LogP contribution in [0.4, 0.5) is 0 Å². The molecule has 4 nitrogen and oxygen atoms in total.